The molecular formula is C18H20N2O. The number of fused-ring (bicyclic) bond motifs is 1. The standard InChI is InChI=1S/C18H20N2O/c1-3-12-7-5-8-13(4-2)17(12)20-11-15-14(18(20)21)9-6-10-16(15)19/h5-10H,3-4,11,19H2,1-2H3. The van der Waals surface area contributed by atoms with E-state index in [1.54, 1.807) is 0 Å². The van der Waals surface area contributed by atoms with Gasteiger partial charge in [0.2, 0.25) is 0 Å². The summed E-state index contributed by atoms with van der Waals surface area (Å²) in [6.45, 7) is 4.82. The summed E-state index contributed by atoms with van der Waals surface area (Å²) < 4.78 is 0. The molecule has 1 amide bonds. The van der Waals surface area contributed by atoms with Crippen LogP contribution in [0.3, 0.4) is 0 Å². The summed E-state index contributed by atoms with van der Waals surface area (Å²) in [4.78, 5) is 14.6. The minimum atomic E-state index is 0.0629. The van der Waals surface area contributed by atoms with Crippen molar-refractivity contribution in [2.45, 2.75) is 33.2 Å². The van der Waals surface area contributed by atoms with Crippen molar-refractivity contribution in [1.29, 1.82) is 0 Å². The van der Waals surface area contributed by atoms with Gasteiger partial charge in [0.1, 0.15) is 0 Å². The lowest BCUT2D eigenvalue weighted by atomic mass is 10.0. The molecule has 3 heteroatoms. The van der Waals surface area contributed by atoms with E-state index in [9.17, 15) is 4.79 Å². The van der Waals surface area contributed by atoms with Crippen LogP contribution in [0.4, 0.5) is 11.4 Å². The van der Waals surface area contributed by atoms with E-state index in [2.05, 4.69) is 32.0 Å². The Morgan fingerprint density at radius 1 is 1.05 bits per heavy atom. The second-order valence-electron chi connectivity index (χ2n) is 5.40. The molecule has 0 saturated carbocycles. The molecule has 0 aliphatic carbocycles. The molecule has 2 aromatic carbocycles. The number of hydrogen-bond donors (Lipinski definition) is 1. The molecule has 0 fully saturated rings. The molecule has 2 aromatic rings. The molecule has 0 bridgehead atoms. The van der Waals surface area contributed by atoms with Gasteiger partial charge >= 0.3 is 0 Å². The van der Waals surface area contributed by atoms with E-state index in [4.69, 9.17) is 5.73 Å². The predicted octanol–water partition coefficient (Wildman–Crippen LogP) is 3.55. The van der Waals surface area contributed by atoms with Crippen LogP contribution in [-0.4, -0.2) is 5.91 Å². The van der Waals surface area contributed by atoms with Gasteiger partial charge in [0.25, 0.3) is 5.91 Å². The first-order valence-corrected chi connectivity index (χ1v) is 7.47. The molecular weight excluding hydrogens is 260 g/mol. The molecule has 0 radical (unpaired) electrons. The van der Waals surface area contributed by atoms with Crippen LogP contribution < -0.4 is 10.6 Å². The van der Waals surface area contributed by atoms with Gasteiger partial charge in [-0.15, -0.1) is 0 Å². The maximum absolute atomic E-state index is 12.8. The summed E-state index contributed by atoms with van der Waals surface area (Å²) in [5.41, 5.74) is 11.9. The fourth-order valence-electron chi connectivity index (χ4n) is 3.10. The van der Waals surface area contributed by atoms with Crippen molar-refractivity contribution >= 4 is 17.3 Å². The molecule has 3 rings (SSSR count). The lowest BCUT2D eigenvalue weighted by Gasteiger charge is -2.23. The quantitative estimate of drug-likeness (QED) is 0.874. The topological polar surface area (TPSA) is 46.3 Å². The number of anilines is 2. The number of nitrogen functional groups attached to an aromatic ring is 1. The van der Waals surface area contributed by atoms with Crippen molar-refractivity contribution in [1.82, 2.24) is 0 Å². The van der Waals surface area contributed by atoms with Crippen molar-refractivity contribution in [3.05, 3.63) is 58.7 Å². The van der Waals surface area contributed by atoms with Gasteiger partial charge in [0, 0.05) is 16.8 Å². The van der Waals surface area contributed by atoms with E-state index >= 15 is 0 Å². The van der Waals surface area contributed by atoms with Crippen molar-refractivity contribution in [2.75, 3.05) is 10.6 Å². The van der Waals surface area contributed by atoms with Crippen LogP contribution in [0.5, 0.6) is 0 Å². The van der Waals surface area contributed by atoms with E-state index in [1.807, 2.05) is 23.1 Å². The first-order valence-electron chi connectivity index (χ1n) is 7.47. The fraction of sp³-hybridized carbons (Fsp3) is 0.278. The van der Waals surface area contributed by atoms with Gasteiger partial charge in [-0.3, -0.25) is 4.79 Å². The Balaban J connectivity index is 2.12. The SMILES string of the molecule is CCc1cccc(CC)c1N1Cc2c(N)cccc2C1=O. The number of carbonyl (C=O) groups excluding carboxylic acids is 1. The van der Waals surface area contributed by atoms with Crippen LogP contribution in [-0.2, 0) is 19.4 Å². The number of benzene rings is 2. The smallest absolute Gasteiger partial charge is 0.259 e. The predicted molar refractivity (Wildman–Crippen MR) is 86.6 cm³/mol. The van der Waals surface area contributed by atoms with Gasteiger partial charge < -0.3 is 10.6 Å². The highest BCUT2D eigenvalue weighted by Gasteiger charge is 2.31. The van der Waals surface area contributed by atoms with Crippen LogP contribution in [0.1, 0.15) is 40.9 Å². The second kappa shape index (κ2) is 5.24. The maximum atomic E-state index is 12.8. The van der Waals surface area contributed by atoms with E-state index in [-0.39, 0.29) is 5.91 Å². The van der Waals surface area contributed by atoms with Crippen molar-refractivity contribution in [3.8, 4) is 0 Å². The zero-order valence-corrected chi connectivity index (χ0v) is 12.5. The molecule has 0 atom stereocenters. The van der Waals surface area contributed by atoms with Crippen LogP contribution in [0, 0.1) is 0 Å². The van der Waals surface area contributed by atoms with Gasteiger partial charge in [-0.25, -0.2) is 0 Å². The number of hydrogen-bond acceptors (Lipinski definition) is 2. The van der Waals surface area contributed by atoms with E-state index < -0.39 is 0 Å². The average Bonchev–Trinajstić information content (AvgIpc) is 2.85. The minimum absolute atomic E-state index is 0.0629. The van der Waals surface area contributed by atoms with Crippen LogP contribution in [0.25, 0.3) is 0 Å². The number of amides is 1. The Hall–Kier alpha value is -2.29. The first kappa shape index (κ1) is 13.7. The van der Waals surface area contributed by atoms with Gasteiger partial charge in [0.05, 0.1) is 12.2 Å². The Bertz CT molecular complexity index is 684. The van der Waals surface area contributed by atoms with Crippen molar-refractivity contribution in [2.24, 2.45) is 0 Å². The molecule has 1 aliphatic heterocycles. The monoisotopic (exact) mass is 280 g/mol. The largest absolute Gasteiger partial charge is 0.398 e. The lowest BCUT2D eigenvalue weighted by molar-refractivity contribution is 0.0996. The number of aryl methyl sites for hydroxylation is 2. The van der Waals surface area contributed by atoms with E-state index in [0.29, 0.717) is 12.2 Å². The third-order valence-electron chi connectivity index (χ3n) is 4.24. The van der Waals surface area contributed by atoms with Gasteiger partial charge in [-0.05, 0) is 36.1 Å². The molecule has 3 nitrogen and oxygen atoms in total. The van der Waals surface area contributed by atoms with Gasteiger partial charge in [0.15, 0.2) is 0 Å². The second-order valence-corrected chi connectivity index (χ2v) is 5.40. The number of nitrogens with two attached hydrogens (primary N) is 1. The number of carbonyl (C=O) groups is 1. The molecule has 21 heavy (non-hydrogen) atoms. The number of nitrogens with zero attached hydrogens (tertiary/aromatic N) is 1. The molecule has 1 heterocycles. The highest BCUT2D eigenvalue weighted by molar-refractivity contribution is 6.11. The maximum Gasteiger partial charge on any atom is 0.259 e. The van der Waals surface area contributed by atoms with Crippen molar-refractivity contribution in [3.63, 3.8) is 0 Å². The summed E-state index contributed by atoms with van der Waals surface area (Å²) >= 11 is 0. The molecule has 1 aliphatic rings. The minimum Gasteiger partial charge on any atom is -0.398 e. The summed E-state index contributed by atoms with van der Waals surface area (Å²) in [6, 6.07) is 11.9. The van der Waals surface area contributed by atoms with Gasteiger partial charge in [-0.1, -0.05) is 38.1 Å². The van der Waals surface area contributed by atoms with Crippen LogP contribution in [0.2, 0.25) is 0 Å². The molecule has 108 valence electrons. The van der Waals surface area contributed by atoms with E-state index in [1.165, 1.54) is 11.1 Å². The summed E-state index contributed by atoms with van der Waals surface area (Å²) in [5.74, 6) is 0.0629. The highest BCUT2D eigenvalue weighted by atomic mass is 16.2. The van der Waals surface area contributed by atoms with Crippen LogP contribution in [0.15, 0.2) is 36.4 Å². The third kappa shape index (κ3) is 2.09. The van der Waals surface area contributed by atoms with Gasteiger partial charge in [-0.2, -0.15) is 0 Å². The Morgan fingerprint density at radius 2 is 1.67 bits per heavy atom. The Labute approximate surface area is 125 Å². The van der Waals surface area contributed by atoms with Crippen LogP contribution >= 0.6 is 0 Å². The molecule has 0 saturated heterocycles. The fourth-order valence-corrected chi connectivity index (χ4v) is 3.10. The lowest BCUT2D eigenvalue weighted by Crippen LogP contribution is -2.25. The first-order chi connectivity index (χ1) is 10.2. The molecule has 0 unspecified atom stereocenters. The number of para-hydroxylation sites is 1. The van der Waals surface area contributed by atoms with E-state index in [0.717, 1.165) is 29.7 Å². The average molecular weight is 280 g/mol. The summed E-state index contributed by atoms with van der Waals surface area (Å²) in [5, 5.41) is 0. The number of rotatable bonds is 3. The molecule has 0 spiro atoms. The summed E-state index contributed by atoms with van der Waals surface area (Å²) in [6.07, 6.45) is 1.83. The normalized spacial score (nSPS) is 13.6. The molecule has 2 N–H and O–H groups in total. The highest BCUT2D eigenvalue weighted by Crippen LogP contribution is 2.35. The zero-order chi connectivity index (χ0) is 15.0. The molecule has 0 aromatic heterocycles. The van der Waals surface area contributed by atoms with Crippen molar-refractivity contribution < 1.29 is 4.79 Å². The summed E-state index contributed by atoms with van der Waals surface area (Å²) in [7, 11) is 0. The zero-order valence-electron chi connectivity index (χ0n) is 12.5. The Morgan fingerprint density at radius 3 is 2.24 bits per heavy atom. The third-order valence-corrected chi connectivity index (χ3v) is 4.24. The Kier molecular flexibility index (Phi) is 3.42.